The van der Waals surface area contributed by atoms with Crippen molar-refractivity contribution in [2.75, 3.05) is 13.2 Å². The summed E-state index contributed by atoms with van der Waals surface area (Å²) < 4.78 is 18.4. The summed E-state index contributed by atoms with van der Waals surface area (Å²) in [6, 6.07) is 10.4. The Kier molecular flexibility index (Phi) is 3.47. The number of furan rings is 1. The van der Waals surface area contributed by atoms with Gasteiger partial charge in [0.25, 0.3) is 5.19 Å². The molecule has 136 valence electrons. The van der Waals surface area contributed by atoms with E-state index in [0.29, 0.717) is 23.0 Å². The number of fused-ring (bicyclic) bond motifs is 4. The molecule has 4 aromatic rings. The van der Waals surface area contributed by atoms with E-state index in [4.69, 9.17) is 13.9 Å². The Hall–Kier alpha value is -2.48. The molecule has 0 N–H and O–H groups in total. The number of nitrogens with zero attached hydrogens (tertiary/aromatic N) is 3. The van der Waals surface area contributed by atoms with Gasteiger partial charge in [0.1, 0.15) is 11.3 Å². The molecule has 2 bridgehead atoms. The molecule has 2 aliphatic rings. The van der Waals surface area contributed by atoms with Crippen molar-refractivity contribution in [3.63, 3.8) is 0 Å². The van der Waals surface area contributed by atoms with Crippen molar-refractivity contribution in [2.24, 2.45) is 0 Å². The van der Waals surface area contributed by atoms with Gasteiger partial charge in [0.05, 0.1) is 23.7 Å². The zero-order valence-electron chi connectivity index (χ0n) is 14.5. The molecule has 6 nitrogen and oxygen atoms in total. The van der Waals surface area contributed by atoms with Crippen LogP contribution in [0.2, 0.25) is 0 Å². The van der Waals surface area contributed by atoms with Gasteiger partial charge in [0.2, 0.25) is 0 Å². The molecule has 0 amide bonds. The normalized spacial score (nSPS) is 22.2. The molecule has 6 rings (SSSR count). The first-order valence-corrected chi connectivity index (χ1v) is 9.89. The maximum absolute atomic E-state index is 5.93. The number of ether oxygens (including phenoxy) is 2. The molecule has 0 spiro atoms. The Morgan fingerprint density at radius 1 is 1.30 bits per heavy atom. The molecule has 0 saturated carbocycles. The zero-order chi connectivity index (χ0) is 17.8. The fraction of sp³-hybridized carbons (Fsp3) is 0.300. The summed E-state index contributed by atoms with van der Waals surface area (Å²) >= 11 is 1.49. The van der Waals surface area contributed by atoms with Crippen LogP contribution < -0.4 is 4.74 Å². The van der Waals surface area contributed by atoms with Crippen molar-refractivity contribution in [3.8, 4) is 10.9 Å². The summed E-state index contributed by atoms with van der Waals surface area (Å²) in [7, 11) is 0. The van der Waals surface area contributed by atoms with Gasteiger partial charge in [-0.2, -0.15) is 4.98 Å². The lowest BCUT2D eigenvalue weighted by Gasteiger charge is -2.26. The van der Waals surface area contributed by atoms with Crippen molar-refractivity contribution in [1.82, 2.24) is 14.9 Å². The molecule has 3 aromatic heterocycles. The van der Waals surface area contributed by atoms with Gasteiger partial charge in [-0.1, -0.05) is 11.3 Å². The van der Waals surface area contributed by atoms with Gasteiger partial charge in [-0.3, -0.25) is 4.90 Å². The average Bonchev–Trinajstić information content (AvgIpc) is 3.45. The van der Waals surface area contributed by atoms with Crippen molar-refractivity contribution in [3.05, 3.63) is 48.4 Å². The Morgan fingerprint density at radius 2 is 2.30 bits per heavy atom. The van der Waals surface area contributed by atoms with Gasteiger partial charge >= 0.3 is 0 Å². The van der Waals surface area contributed by atoms with E-state index in [1.165, 1.54) is 16.9 Å². The Bertz CT molecular complexity index is 1100. The standard InChI is InChI=1S/C20H17N3O3S/c1-2-18-19(21-5-1)22-20(27-18)26-14-3-4-16-12(10-25-17(16)7-14)8-23-9-15-6-13(23)11-24-15/h1-5,7,10,13,15H,6,8-9,11H2. The van der Waals surface area contributed by atoms with E-state index < -0.39 is 0 Å². The van der Waals surface area contributed by atoms with Crippen LogP contribution in [-0.4, -0.2) is 40.2 Å². The van der Waals surface area contributed by atoms with Gasteiger partial charge < -0.3 is 13.9 Å². The molecule has 2 aliphatic heterocycles. The maximum Gasteiger partial charge on any atom is 0.281 e. The molecule has 2 atom stereocenters. The first-order chi connectivity index (χ1) is 13.3. The van der Waals surface area contributed by atoms with E-state index >= 15 is 0 Å². The summed E-state index contributed by atoms with van der Waals surface area (Å²) in [5.74, 6) is 0.719. The second-order valence-corrected chi connectivity index (χ2v) is 8.09. The van der Waals surface area contributed by atoms with E-state index in [-0.39, 0.29) is 0 Å². The lowest BCUT2D eigenvalue weighted by atomic mass is 10.1. The molecule has 2 unspecified atom stereocenters. The number of morpholine rings is 1. The summed E-state index contributed by atoms with van der Waals surface area (Å²) in [5, 5.41) is 1.72. The summed E-state index contributed by atoms with van der Waals surface area (Å²) in [4.78, 5) is 11.2. The van der Waals surface area contributed by atoms with E-state index in [1.807, 2.05) is 30.5 Å². The lowest BCUT2D eigenvalue weighted by Crippen LogP contribution is -2.36. The lowest BCUT2D eigenvalue weighted by molar-refractivity contribution is 0.0274. The van der Waals surface area contributed by atoms with Crippen molar-refractivity contribution < 1.29 is 13.9 Å². The first-order valence-electron chi connectivity index (χ1n) is 9.07. The van der Waals surface area contributed by atoms with Crippen LogP contribution in [-0.2, 0) is 11.3 Å². The van der Waals surface area contributed by atoms with E-state index in [9.17, 15) is 0 Å². The minimum atomic E-state index is 0.413. The Labute approximate surface area is 159 Å². The molecule has 2 fully saturated rings. The number of hydrogen-bond donors (Lipinski definition) is 0. The third-order valence-corrected chi connectivity index (χ3v) is 6.25. The maximum atomic E-state index is 5.93. The second kappa shape index (κ2) is 6.02. The number of thiazole rings is 1. The summed E-state index contributed by atoms with van der Waals surface area (Å²) in [6.45, 7) is 2.78. The molecular weight excluding hydrogens is 362 g/mol. The number of hydrogen-bond acceptors (Lipinski definition) is 7. The smallest absolute Gasteiger partial charge is 0.281 e. The molecule has 0 aliphatic carbocycles. The summed E-state index contributed by atoms with van der Waals surface area (Å²) in [6.07, 6.45) is 5.17. The van der Waals surface area contributed by atoms with Crippen LogP contribution in [0.1, 0.15) is 12.0 Å². The second-order valence-electron chi connectivity index (χ2n) is 7.10. The number of pyridine rings is 1. The third-order valence-electron chi connectivity index (χ3n) is 5.36. The van der Waals surface area contributed by atoms with Crippen LogP contribution in [0, 0.1) is 0 Å². The predicted octanol–water partition coefficient (Wildman–Crippen LogP) is 4.20. The average molecular weight is 379 g/mol. The molecule has 5 heterocycles. The molecular formula is C20H17N3O3S. The van der Waals surface area contributed by atoms with Gasteiger partial charge in [-0.15, -0.1) is 0 Å². The molecule has 27 heavy (non-hydrogen) atoms. The van der Waals surface area contributed by atoms with E-state index in [0.717, 1.165) is 47.5 Å². The first kappa shape index (κ1) is 15.6. The van der Waals surface area contributed by atoms with Crippen LogP contribution in [0.15, 0.2) is 47.2 Å². The van der Waals surface area contributed by atoms with Crippen LogP contribution in [0.3, 0.4) is 0 Å². The highest BCUT2D eigenvalue weighted by Gasteiger charge is 2.38. The Balaban J connectivity index is 1.25. The van der Waals surface area contributed by atoms with E-state index in [1.54, 1.807) is 6.20 Å². The molecule has 0 radical (unpaired) electrons. The van der Waals surface area contributed by atoms with Crippen molar-refractivity contribution >= 4 is 32.7 Å². The van der Waals surface area contributed by atoms with E-state index in [2.05, 4.69) is 20.9 Å². The fourth-order valence-electron chi connectivity index (χ4n) is 4.03. The topological polar surface area (TPSA) is 60.6 Å². The number of likely N-dealkylation sites (tertiary alicyclic amines) is 1. The quantitative estimate of drug-likeness (QED) is 0.530. The number of aromatic nitrogens is 2. The number of rotatable bonds is 4. The largest absolute Gasteiger partial charge is 0.464 e. The van der Waals surface area contributed by atoms with Gasteiger partial charge in [-0.25, -0.2) is 4.98 Å². The van der Waals surface area contributed by atoms with Crippen molar-refractivity contribution in [2.45, 2.75) is 25.1 Å². The van der Waals surface area contributed by atoms with Crippen molar-refractivity contribution in [1.29, 1.82) is 0 Å². The molecule has 1 aromatic carbocycles. The highest BCUT2D eigenvalue weighted by Crippen LogP contribution is 2.34. The number of benzene rings is 1. The Morgan fingerprint density at radius 3 is 3.15 bits per heavy atom. The van der Waals surface area contributed by atoms with Gasteiger partial charge in [-0.05, 0) is 30.7 Å². The molecule has 7 heteroatoms. The highest BCUT2D eigenvalue weighted by molar-refractivity contribution is 7.20. The van der Waals surface area contributed by atoms with Gasteiger partial charge in [0, 0.05) is 42.3 Å². The predicted molar refractivity (Wildman–Crippen MR) is 102 cm³/mol. The third kappa shape index (κ3) is 2.70. The zero-order valence-corrected chi connectivity index (χ0v) is 15.3. The van der Waals surface area contributed by atoms with Crippen LogP contribution in [0.25, 0.3) is 21.3 Å². The minimum Gasteiger partial charge on any atom is -0.464 e. The van der Waals surface area contributed by atoms with Crippen LogP contribution in [0.5, 0.6) is 10.9 Å². The van der Waals surface area contributed by atoms with Gasteiger partial charge in [0.15, 0.2) is 5.65 Å². The van der Waals surface area contributed by atoms with Crippen LogP contribution >= 0.6 is 11.3 Å². The van der Waals surface area contributed by atoms with Crippen LogP contribution in [0.4, 0.5) is 0 Å². The summed E-state index contributed by atoms with van der Waals surface area (Å²) in [5.41, 5.74) is 2.76. The fourth-order valence-corrected chi connectivity index (χ4v) is 4.83. The SMILES string of the molecule is c1cnc2nc(Oc3ccc4c(CN5CC6CC5CO6)coc4c3)sc2c1. The minimum absolute atomic E-state index is 0.413. The monoisotopic (exact) mass is 379 g/mol. The molecule has 2 saturated heterocycles. The highest BCUT2D eigenvalue weighted by atomic mass is 32.1.